The summed E-state index contributed by atoms with van der Waals surface area (Å²) in [5.41, 5.74) is 2.22. The average Bonchev–Trinajstić information content (AvgIpc) is 2.44. The maximum atomic E-state index is 11.9. The Labute approximate surface area is 117 Å². The summed E-state index contributed by atoms with van der Waals surface area (Å²) in [5.74, 6) is 0.142. The van der Waals surface area contributed by atoms with Crippen molar-refractivity contribution in [2.75, 3.05) is 6.54 Å². The maximum absolute atomic E-state index is 11.9. The third-order valence-electron chi connectivity index (χ3n) is 3.11. The standard InChI is InChI=1S/C16H17NO3/c1-11-2-5-13(10-15(11)19)16(20)17-9-8-12-3-6-14(18)7-4-12/h2-7,10,18-19H,8-9H2,1H3,(H,17,20). The zero-order chi connectivity index (χ0) is 14.5. The number of nitrogens with one attached hydrogen (secondary N) is 1. The minimum atomic E-state index is -0.209. The highest BCUT2D eigenvalue weighted by Gasteiger charge is 2.07. The molecule has 2 aromatic carbocycles. The van der Waals surface area contributed by atoms with Crippen LogP contribution in [0.5, 0.6) is 11.5 Å². The van der Waals surface area contributed by atoms with Gasteiger partial charge in [-0.05, 0) is 48.7 Å². The topological polar surface area (TPSA) is 69.6 Å². The predicted molar refractivity (Wildman–Crippen MR) is 77.0 cm³/mol. The van der Waals surface area contributed by atoms with Crippen molar-refractivity contribution in [1.82, 2.24) is 5.32 Å². The Bertz CT molecular complexity index is 606. The number of carbonyl (C=O) groups excluding carboxylic acids is 1. The van der Waals surface area contributed by atoms with Gasteiger partial charge in [-0.1, -0.05) is 18.2 Å². The molecule has 0 aliphatic rings. The first-order chi connectivity index (χ1) is 9.56. The summed E-state index contributed by atoms with van der Waals surface area (Å²) < 4.78 is 0. The van der Waals surface area contributed by atoms with Crippen LogP contribution in [0.1, 0.15) is 21.5 Å². The van der Waals surface area contributed by atoms with Crippen LogP contribution in [-0.2, 0) is 6.42 Å². The normalized spacial score (nSPS) is 10.2. The molecule has 0 bridgehead atoms. The summed E-state index contributed by atoms with van der Waals surface area (Å²) in [6.45, 7) is 2.28. The summed E-state index contributed by atoms with van der Waals surface area (Å²) >= 11 is 0. The molecule has 2 aromatic rings. The molecule has 104 valence electrons. The van der Waals surface area contributed by atoms with Crippen molar-refractivity contribution in [2.24, 2.45) is 0 Å². The van der Waals surface area contributed by atoms with Gasteiger partial charge < -0.3 is 15.5 Å². The van der Waals surface area contributed by atoms with Gasteiger partial charge in [0.15, 0.2) is 0 Å². The van der Waals surface area contributed by atoms with Crippen LogP contribution < -0.4 is 5.32 Å². The van der Waals surface area contributed by atoms with Gasteiger partial charge in [-0.25, -0.2) is 0 Å². The van der Waals surface area contributed by atoms with Crippen LogP contribution >= 0.6 is 0 Å². The Kier molecular flexibility index (Phi) is 4.25. The van der Waals surface area contributed by atoms with Gasteiger partial charge in [-0.2, -0.15) is 0 Å². The van der Waals surface area contributed by atoms with Gasteiger partial charge in [0.05, 0.1) is 0 Å². The molecule has 0 saturated carbocycles. The molecule has 0 saturated heterocycles. The van der Waals surface area contributed by atoms with E-state index in [4.69, 9.17) is 0 Å². The Morgan fingerprint density at radius 3 is 2.45 bits per heavy atom. The fourth-order valence-corrected chi connectivity index (χ4v) is 1.84. The molecule has 20 heavy (non-hydrogen) atoms. The van der Waals surface area contributed by atoms with Gasteiger partial charge in [0.25, 0.3) is 5.91 Å². The Balaban J connectivity index is 1.88. The van der Waals surface area contributed by atoms with Crippen LogP contribution in [0.3, 0.4) is 0 Å². The van der Waals surface area contributed by atoms with Crippen molar-refractivity contribution in [3.05, 3.63) is 59.2 Å². The van der Waals surface area contributed by atoms with Crippen LogP contribution in [0, 0.1) is 6.92 Å². The average molecular weight is 271 g/mol. The van der Waals surface area contributed by atoms with E-state index >= 15 is 0 Å². The molecule has 0 heterocycles. The maximum Gasteiger partial charge on any atom is 0.251 e. The van der Waals surface area contributed by atoms with Crippen molar-refractivity contribution in [2.45, 2.75) is 13.3 Å². The van der Waals surface area contributed by atoms with Gasteiger partial charge in [0.1, 0.15) is 11.5 Å². The number of hydrogen-bond acceptors (Lipinski definition) is 3. The lowest BCUT2D eigenvalue weighted by Crippen LogP contribution is -2.25. The highest BCUT2D eigenvalue weighted by Crippen LogP contribution is 2.17. The number of amides is 1. The Morgan fingerprint density at radius 2 is 1.80 bits per heavy atom. The van der Waals surface area contributed by atoms with Gasteiger partial charge in [0.2, 0.25) is 0 Å². The first kappa shape index (κ1) is 13.9. The van der Waals surface area contributed by atoms with Gasteiger partial charge in [-0.3, -0.25) is 4.79 Å². The SMILES string of the molecule is Cc1ccc(C(=O)NCCc2ccc(O)cc2)cc1O. The van der Waals surface area contributed by atoms with Crippen molar-refractivity contribution in [3.63, 3.8) is 0 Å². The molecule has 0 spiro atoms. The van der Waals surface area contributed by atoms with Gasteiger partial charge >= 0.3 is 0 Å². The van der Waals surface area contributed by atoms with E-state index in [1.54, 1.807) is 31.2 Å². The molecule has 4 heteroatoms. The van der Waals surface area contributed by atoms with Gasteiger partial charge in [0, 0.05) is 12.1 Å². The van der Waals surface area contributed by atoms with E-state index in [1.165, 1.54) is 6.07 Å². The molecular weight excluding hydrogens is 254 g/mol. The first-order valence-electron chi connectivity index (χ1n) is 6.42. The molecule has 0 radical (unpaired) electrons. The Morgan fingerprint density at radius 1 is 1.10 bits per heavy atom. The minimum absolute atomic E-state index is 0.121. The monoisotopic (exact) mass is 271 g/mol. The van der Waals surface area contributed by atoms with E-state index in [0.29, 0.717) is 18.5 Å². The molecular formula is C16H17NO3. The van der Waals surface area contributed by atoms with E-state index in [-0.39, 0.29) is 17.4 Å². The molecule has 2 rings (SSSR count). The number of hydrogen-bond donors (Lipinski definition) is 3. The van der Waals surface area contributed by atoms with E-state index < -0.39 is 0 Å². The largest absolute Gasteiger partial charge is 0.508 e. The number of phenols is 2. The molecule has 0 aliphatic carbocycles. The molecule has 0 unspecified atom stereocenters. The molecule has 0 aromatic heterocycles. The summed E-state index contributed by atoms with van der Waals surface area (Å²) in [4.78, 5) is 11.9. The first-order valence-corrected chi connectivity index (χ1v) is 6.42. The fraction of sp³-hybridized carbons (Fsp3) is 0.188. The number of benzene rings is 2. The fourth-order valence-electron chi connectivity index (χ4n) is 1.84. The third-order valence-corrected chi connectivity index (χ3v) is 3.11. The van der Waals surface area contributed by atoms with Crippen LogP contribution in [-0.4, -0.2) is 22.7 Å². The minimum Gasteiger partial charge on any atom is -0.508 e. The van der Waals surface area contributed by atoms with Gasteiger partial charge in [-0.15, -0.1) is 0 Å². The van der Waals surface area contributed by atoms with Crippen molar-refractivity contribution in [3.8, 4) is 11.5 Å². The second kappa shape index (κ2) is 6.10. The molecule has 0 fully saturated rings. The van der Waals surface area contributed by atoms with Crippen molar-refractivity contribution in [1.29, 1.82) is 0 Å². The highest BCUT2D eigenvalue weighted by atomic mass is 16.3. The zero-order valence-corrected chi connectivity index (χ0v) is 11.3. The molecule has 0 aliphatic heterocycles. The van der Waals surface area contributed by atoms with Crippen LogP contribution in [0.4, 0.5) is 0 Å². The van der Waals surface area contributed by atoms with E-state index in [9.17, 15) is 15.0 Å². The summed E-state index contributed by atoms with van der Waals surface area (Å²) in [7, 11) is 0. The lowest BCUT2D eigenvalue weighted by Gasteiger charge is -2.07. The molecule has 4 nitrogen and oxygen atoms in total. The van der Waals surface area contributed by atoms with Crippen molar-refractivity contribution < 1.29 is 15.0 Å². The van der Waals surface area contributed by atoms with Crippen LogP contribution in [0.25, 0.3) is 0 Å². The quantitative estimate of drug-likeness (QED) is 0.799. The predicted octanol–water partition coefficient (Wildman–Crippen LogP) is 2.38. The number of carbonyl (C=O) groups is 1. The third kappa shape index (κ3) is 3.51. The van der Waals surface area contributed by atoms with Crippen molar-refractivity contribution >= 4 is 5.91 Å². The summed E-state index contributed by atoms with van der Waals surface area (Å²) in [6.07, 6.45) is 0.684. The molecule has 0 atom stereocenters. The van der Waals surface area contributed by atoms with Crippen LogP contribution in [0.15, 0.2) is 42.5 Å². The zero-order valence-electron chi connectivity index (χ0n) is 11.3. The van der Waals surface area contributed by atoms with E-state index in [2.05, 4.69) is 5.32 Å². The summed E-state index contributed by atoms with van der Waals surface area (Å²) in [6, 6.07) is 11.7. The number of aromatic hydroxyl groups is 2. The number of aryl methyl sites for hydroxylation is 1. The molecule has 1 amide bonds. The molecule has 3 N–H and O–H groups in total. The Hall–Kier alpha value is -2.49. The van der Waals surface area contributed by atoms with E-state index in [1.807, 2.05) is 12.1 Å². The van der Waals surface area contributed by atoms with E-state index in [0.717, 1.165) is 11.1 Å². The lowest BCUT2D eigenvalue weighted by atomic mass is 10.1. The highest BCUT2D eigenvalue weighted by molar-refractivity contribution is 5.94. The second-order valence-electron chi connectivity index (χ2n) is 4.67. The summed E-state index contributed by atoms with van der Waals surface area (Å²) in [5, 5.41) is 21.5. The lowest BCUT2D eigenvalue weighted by molar-refractivity contribution is 0.0953. The number of phenolic OH excluding ortho intramolecular Hbond substituents is 2. The second-order valence-corrected chi connectivity index (χ2v) is 4.67. The number of rotatable bonds is 4. The smallest absolute Gasteiger partial charge is 0.251 e. The van der Waals surface area contributed by atoms with Crippen LogP contribution in [0.2, 0.25) is 0 Å².